The van der Waals surface area contributed by atoms with E-state index < -0.39 is 0 Å². The van der Waals surface area contributed by atoms with Crippen LogP contribution in [-0.2, 0) is 0 Å². The minimum Gasteiger partial charge on any atom is -0.390 e. The topological polar surface area (TPSA) is 35.5 Å². The molecule has 0 heterocycles. The number of nitrogens with one attached hydrogen (secondary N) is 1. The van der Waals surface area contributed by atoms with Crippen molar-refractivity contribution >= 4 is 0 Å². The van der Waals surface area contributed by atoms with E-state index in [2.05, 4.69) is 17.1 Å². The molecule has 0 aliphatic heterocycles. The standard InChI is InChI=1S/C11H24N2O/c1-3-13(9-11(14)8-12-2)10-6-4-5-7-10/h10-12,14H,3-9H2,1-2H3. The van der Waals surface area contributed by atoms with E-state index in [1.165, 1.54) is 25.7 Å². The van der Waals surface area contributed by atoms with E-state index in [1.807, 2.05) is 7.05 Å². The van der Waals surface area contributed by atoms with Gasteiger partial charge in [-0.25, -0.2) is 0 Å². The third kappa shape index (κ3) is 3.56. The zero-order valence-corrected chi connectivity index (χ0v) is 9.50. The molecule has 0 amide bonds. The van der Waals surface area contributed by atoms with Gasteiger partial charge in [-0.1, -0.05) is 19.8 Å². The van der Waals surface area contributed by atoms with E-state index in [4.69, 9.17) is 0 Å². The summed E-state index contributed by atoms with van der Waals surface area (Å²) < 4.78 is 0. The number of hydrogen-bond donors (Lipinski definition) is 2. The maximum Gasteiger partial charge on any atom is 0.0791 e. The summed E-state index contributed by atoms with van der Waals surface area (Å²) in [6.07, 6.45) is 5.15. The number of aliphatic hydroxyl groups excluding tert-OH is 1. The van der Waals surface area contributed by atoms with Gasteiger partial charge in [-0.05, 0) is 26.4 Å². The van der Waals surface area contributed by atoms with Crippen molar-refractivity contribution in [2.24, 2.45) is 0 Å². The van der Waals surface area contributed by atoms with Gasteiger partial charge in [0.15, 0.2) is 0 Å². The van der Waals surface area contributed by atoms with Crippen molar-refractivity contribution < 1.29 is 5.11 Å². The summed E-state index contributed by atoms with van der Waals surface area (Å²) in [5.74, 6) is 0. The molecule has 1 saturated carbocycles. The monoisotopic (exact) mass is 200 g/mol. The van der Waals surface area contributed by atoms with Crippen LogP contribution in [-0.4, -0.2) is 48.8 Å². The Bertz CT molecular complexity index is 146. The fourth-order valence-corrected chi connectivity index (χ4v) is 2.38. The quantitative estimate of drug-likeness (QED) is 0.667. The Balaban J connectivity index is 2.29. The molecule has 1 unspecified atom stereocenters. The highest BCUT2D eigenvalue weighted by atomic mass is 16.3. The summed E-state index contributed by atoms with van der Waals surface area (Å²) in [5.41, 5.74) is 0. The Morgan fingerprint density at radius 1 is 1.43 bits per heavy atom. The minimum absolute atomic E-state index is 0.222. The Morgan fingerprint density at radius 2 is 2.07 bits per heavy atom. The van der Waals surface area contributed by atoms with Crippen molar-refractivity contribution in [3.63, 3.8) is 0 Å². The highest BCUT2D eigenvalue weighted by molar-refractivity contribution is 4.78. The van der Waals surface area contributed by atoms with Gasteiger partial charge in [-0.2, -0.15) is 0 Å². The van der Waals surface area contributed by atoms with Crippen LogP contribution in [0.2, 0.25) is 0 Å². The van der Waals surface area contributed by atoms with Crippen LogP contribution in [0.1, 0.15) is 32.6 Å². The van der Waals surface area contributed by atoms with Gasteiger partial charge < -0.3 is 10.4 Å². The van der Waals surface area contributed by atoms with E-state index >= 15 is 0 Å². The van der Waals surface area contributed by atoms with Gasteiger partial charge in [0, 0.05) is 19.1 Å². The van der Waals surface area contributed by atoms with Gasteiger partial charge in [-0.3, -0.25) is 4.90 Å². The largest absolute Gasteiger partial charge is 0.390 e. The molecular weight excluding hydrogens is 176 g/mol. The third-order valence-corrected chi connectivity index (χ3v) is 3.13. The van der Waals surface area contributed by atoms with E-state index in [9.17, 15) is 5.11 Å². The van der Waals surface area contributed by atoms with Crippen molar-refractivity contribution in [3.8, 4) is 0 Å². The van der Waals surface area contributed by atoms with Crippen LogP contribution >= 0.6 is 0 Å². The molecule has 84 valence electrons. The summed E-state index contributed by atoms with van der Waals surface area (Å²) >= 11 is 0. The maximum absolute atomic E-state index is 9.71. The Labute approximate surface area is 87.5 Å². The van der Waals surface area contributed by atoms with Crippen molar-refractivity contribution in [1.29, 1.82) is 0 Å². The number of likely N-dealkylation sites (N-methyl/N-ethyl adjacent to an activating group) is 2. The molecule has 0 spiro atoms. The number of hydrogen-bond acceptors (Lipinski definition) is 3. The molecule has 0 radical (unpaired) electrons. The second-order valence-electron chi connectivity index (χ2n) is 4.24. The normalized spacial score (nSPS) is 20.6. The molecule has 3 heteroatoms. The summed E-state index contributed by atoms with van der Waals surface area (Å²) in [6, 6.07) is 0.728. The molecule has 0 aromatic carbocycles. The maximum atomic E-state index is 9.71. The first-order valence-electron chi connectivity index (χ1n) is 5.84. The second-order valence-corrected chi connectivity index (χ2v) is 4.24. The predicted octanol–water partition coefficient (Wildman–Crippen LogP) is 0.831. The van der Waals surface area contributed by atoms with Crippen LogP contribution in [0.25, 0.3) is 0 Å². The summed E-state index contributed by atoms with van der Waals surface area (Å²) in [7, 11) is 1.88. The first-order chi connectivity index (χ1) is 6.77. The molecule has 1 rings (SSSR count). The van der Waals surface area contributed by atoms with Crippen LogP contribution in [0.4, 0.5) is 0 Å². The van der Waals surface area contributed by atoms with Crippen LogP contribution < -0.4 is 5.32 Å². The van der Waals surface area contributed by atoms with E-state index in [0.717, 1.165) is 19.1 Å². The van der Waals surface area contributed by atoms with E-state index in [0.29, 0.717) is 6.54 Å². The van der Waals surface area contributed by atoms with Crippen LogP contribution in [0.15, 0.2) is 0 Å². The number of nitrogens with zero attached hydrogens (tertiary/aromatic N) is 1. The van der Waals surface area contributed by atoms with E-state index in [-0.39, 0.29) is 6.10 Å². The van der Waals surface area contributed by atoms with Gasteiger partial charge in [0.05, 0.1) is 6.10 Å². The summed E-state index contributed by atoms with van der Waals surface area (Å²) in [4.78, 5) is 2.43. The highest BCUT2D eigenvalue weighted by Crippen LogP contribution is 2.23. The van der Waals surface area contributed by atoms with Gasteiger partial charge in [0.25, 0.3) is 0 Å². The lowest BCUT2D eigenvalue weighted by Gasteiger charge is -2.29. The predicted molar refractivity (Wildman–Crippen MR) is 59.4 cm³/mol. The fraction of sp³-hybridized carbons (Fsp3) is 1.00. The smallest absolute Gasteiger partial charge is 0.0791 e. The van der Waals surface area contributed by atoms with Gasteiger partial charge >= 0.3 is 0 Å². The molecular formula is C11H24N2O. The van der Waals surface area contributed by atoms with Gasteiger partial charge in [-0.15, -0.1) is 0 Å². The van der Waals surface area contributed by atoms with E-state index in [1.54, 1.807) is 0 Å². The Hall–Kier alpha value is -0.120. The molecule has 1 aliphatic carbocycles. The fourth-order valence-electron chi connectivity index (χ4n) is 2.38. The second kappa shape index (κ2) is 6.38. The molecule has 0 saturated heterocycles. The van der Waals surface area contributed by atoms with Crippen LogP contribution in [0.5, 0.6) is 0 Å². The lowest BCUT2D eigenvalue weighted by molar-refractivity contribution is 0.0920. The number of aliphatic hydroxyl groups is 1. The van der Waals surface area contributed by atoms with Crippen molar-refractivity contribution in [1.82, 2.24) is 10.2 Å². The molecule has 1 atom stereocenters. The first-order valence-corrected chi connectivity index (χ1v) is 5.84. The van der Waals surface area contributed by atoms with Crippen LogP contribution in [0.3, 0.4) is 0 Å². The molecule has 1 fully saturated rings. The van der Waals surface area contributed by atoms with Crippen molar-refractivity contribution in [2.75, 3.05) is 26.7 Å². The third-order valence-electron chi connectivity index (χ3n) is 3.13. The first kappa shape index (κ1) is 12.0. The number of rotatable bonds is 6. The molecule has 14 heavy (non-hydrogen) atoms. The lowest BCUT2D eigenvalue weighted by atomic mass is 10.2. The Kier molecular flexibility index (Phi) is 5.45. The van der Waals surface area contributed by atoms with Gasteiger partial charge in [0.2, 0.25) is 0 Å². The summed E-state index contributed by atoms with van der Waals surface area (Å²) in [6.45, 7) is 4.76. The molecule has 1 aliphatic rings. The molecule has 2 N–H and O–H groups in total. The molecule has 0 bridgehead atoms. The average Bonchev–Trinajstić information content (AvgIpc) is 2.67. The average molecular weight is 200 g/mol. The van der Waals surface area contributed by atoms with Gasteiger partial charge in [0.1, 0.15) is 0 Å². The van der Waals surface area contributed by atoms with Crippen molar-refractivity contribution in [3.05, 3.63) is 0 Å². The highest BCUT2D eigenvalue weighted by Gasteiger charge is 2.22. The zero-order valence-electron chi connectivity index (χ0n) is 9.50. The summed E-state index contributed by atoms with van der Waals surface area (Å²) in [5, 5.41) is 12.7. The zero-order chi connectivity index (χ0) is 10.4. The van der Waals surface area contributed by atoms with Crippen LogP contribution in [0, 0.1) is 0 Å². The SMILES string of the molecule is CCN(CC(O)CNC)C1CCCC1. The Morgan fingerprint density at radius 3 is 2.57 bits per heavy atom. The molecule has 0 aromatic heterocycles. The lowest BCUT2D eigenvalue weighted by Crippen LogP contribution is -2.42. The molecule has 0 aromatic rings. The molecule has 3 nitrogen and oxygen atoms in total. The van der Waals surface area contributed by atoms with Crippen molar-refractivity contribution in [2.45, 2.75) is 44.8 Å². The minimum atomic E-state index is -0.222.